The maximum absolute atomic E-state index is 13.8. The van der Waals surface area contributed by atoms with Crippen molar-refractivity contribution in [3.63, 3.8) is 0 Å². The van der Waals surface area contributed by atoms with Gasteiger partial charge in [-0.2, -0.15) is 5.26 Å². The van der Waals surface area contributed by atoms with Gasteiger partial charge in [0.2, 0.25) is 23.6 Å². The summed E-state index contributed by atoms with van der Waals surface area (Å²) >= 11 is 0. The van der Waals surface area contributed by atoms with Gasteiger partial charge in [0.15, 0.2) is 6.10 Å². The lowest BCUT2D eigenvalue weighted by Gasteiger charge is -2.34. The Morgan fingerprint density at radius 3 is 1.37 bits per heavy atom. The maximum Gasteiger partial charge on any atom is 0.408 e. The first-order valence-electron chi connectivity index (χ1n) is 26.6. The molecule has 0 aromatic rings. The van der Waals surface area contributed by atoms with Crippen molar-refractivity contribution >= 4 is 42.1 Å². The average molecular weight is 982 g/mol. The van der Waals surface area contributed by atoms with Gasteiger partial charge in [0.25, 0.3) is 0 Å². The number of nitrogens with one attached hydrogen (secondary N) is 4. The lowest BCUT2D eigenvalue weighted by Crippen LogP contribution is -2.58. The van der Waals surface area contributed by atoms with Gasteiger partial charge in [-0.3, -0.25) is 19.2 Å². The van der Waals surface area contributed by atoms with Gasteiger partial charge in [-0.1, -0.05) is 118 Å². The van der Waals surface area contributed by atoms with E-state index < -0.39 is 65.7 Å². The number of aldehydes is 1. The van der Waals surface area contributed by atoms with Gasteiger partial charge in [-0.15, -0.1) is 0 Å². The molecule has 1 unspecified atom stereocenters. The van der Waals surface area contributed by atoms with Crippen molar-refractivity contribution in [2.75, 3.05) is 13.1 Å². The smallest absolute Gasteiger partial charge is 0.408 e. The lowest BCUT2D eigenvalue weighted by atomic mass is 9.96. The van der Waals surface area contributed by atoms with Crippen molar-refractivity contribution in [2.45, 2.75) is 238 Å². The summed E-state index contributed by atoms with van der Waals surface area (Å²) < 4.78 is 10.8. The molecule has 6 rings (SSSR count). The van der Waals surface area contributed by atoms with Crippen molar-refractivity contribution in [1.29, 1.82) is 5.26 Å². The second-order valence-electron chi connectivity index (χ2n) is 24.2. The van der Waals surface area contributed by atoms with E-state index in [4.69, 9.17) is 9.47 Å². The van der Waals surface area contributed by atoms with Crippen LogP contribution in [0.1, 0.15) is 185 Å². The zero-order valence-electron chi connectivity index (χ0n) is 44.0. The number of alkyl carbamates (subject to hydrolysis) is 2. The van der Waals surface area contributed by atoms with Crippen LogP contribution in [0.5, 0.6) is 0 Å². The number of amides is 6. The number of hydrogen-bond donors (Lipinski definition) is 5. The number of fused-ring (bicyclic) bond motifs is 6. The molecule has 0 spiro atoms. The third-order valence-electron chi connectivity index (χ3n) is 15.8. The van der Waals surface area contributed by atoms with Crippen LogP contribution in [0.2, 0.25) is 0 Å². The number of piperidine rings is 2. The Hall–Kier alpha value is -4.46. The van der Waals surface area contributed by atoms with Crippen LogP contribution in [0.25, 0.3) is 0 Å². The van der Waals surface area contributed by atoms with Crippen LogP contribution >= 0.6 is 0 Å². The molecule has 0 radical (unpaired) electrons. The molecule has 6 aliphatic rings. The van der Waals surface area contributed by atoms with Crippen LogP contribution in [-0.4, -0.2) is 124 Å². The van der Waals surface area contributed by atoms with E-state index in [-0.39, 0.29) is 58.1 Å². The van der Waals surface area contributed by atoms with Crippen LogP contribution in [0, 0.1) is 45.8 Å². The average Bonchev–Trinajstić information content (AvgIpc) is 3.71. The maximum atomic E-state index is 13.8. The van der Waals surface area contributed by atoms with E-state index in [0.717, 1.165) is 96.2 Å². The standard InChI is InChI=1S/C27H44N4O5.C26H43N3O5/c1-26(2,3)36-25(35)30-19-14-12-10-8-6-7-9-11-13-18(20(32)15-28)29-23(33)22-21-17(27(21,4)5)16-31(22)24(19)34;1-25(2,3)34-24(33)28-19-14-12-10-8-6-7-9-11-13-17(16-30)27-22(31)21-20-18(26(20,4)5)15-29(21)23(19)32/h17-22,32H,6-14,16H2,1-5H3,(H,29,33)(H,30,35);16-21H,6-15H2,1-5H3,(H,27,31)(H,28,33)/t17-,18-,19-,20?,21-,22-;17-,18-,19-,20-,21-/m00/s1. The molecule has 5 N–H and O–H groups in total. The second kappa shape index (κ2) is 23.8. The molecule has 11 atom stereocenters. The predicted molar refractivity (Wildman–Crippen MR) is 263 cm³/mol. The molecule has 6 amide bonds. The number of nitriles is 1. The minimum atomic E-state index is -1.30. The molecule has 4 saturated heterocycles. The highest BCUT2D eigenvalue weighted by molar-refractivity contribution is 5.94. The Balaban J connectivity index is 0.000000261. The zero-order valence-corrected chi connectivity index (χ0v) is 44.0. The van der Waals surface area contributed by atoms with Crippen LogP contribution in [0.15, 0.2) is 0 Å². The van der Waals surface area contributed by atoms with E-state index in [1.54, 1.807) is 51.3 Å². The topological polar surface area (TPSA) is 237 Å². The third kappa shape index (κ3) is 14.8. The Bertz CT molecular complexity index is 1900. The summed E-state index contributed by atoms with van der Waals surface area (Å²) in [6.45, 7) is 20.1. The molecule has 0 aromatic heterocycles. The fourth-order valence-corrected chi connectivity index (χ4v) is 11.7. The molecule has 394 valence electrons. The monoisotopic (exact) mass is 982 g/mol. The minimum Gasteiger partial charge on any atom is -0.444 e. The van der Waals surface area contributed by atoms with Crippen molar-refractivity contribution in [3.05, 3.63) is 0 Å². The molecular formula is C53H87N7O10. The molecule has 4 aliphatic heterocycles. The van der Waals surface area contributed by atoms with Gasteiger partial charge < -0.3 is 50.4 Å². The van der Waals surface area contributed by atoms with Gasteiger partial charge in [0, 0.05) is 13.1 Å². The molecule has 2 saturated carbocycles. The molecule has 4 heterocycles. The number of aliphatic hydroxyl groups is 1. The highest BCUT2D eigenvalue weighted by Crippen LogP contribution is 2.66. The Morgan fingerprint density at radius 1 is 0.643 bits per heavy atom. The van der Waals surface area contributed by atoms with Crippen molar-refractivity contribution in [2.24, 2.45) is 34.5 Å². The van der Waals surface area contributed by atoms with Gasteiger partial charge in [0.1, 0.15) is 41.7 Å². The third-order valence-corrected chi connectivity index (χ3v) is 15.8. The molecule has 70 heavy (non-hydrogen) atoms. The van der Waals surface area contributed by atoms with Crippen molar-refractivity contribution in [3.8, 4) is 6.07 Å². The van der Waals surface area contributed by atoms with Crippen molar-refractivity contribution < 1.29 is 48.1 Å². The summed E-state index contributed by atoms with van der Waals surface area (Å²) in [6, 6.07) is -2.17. The Morgan fingerprint density at radius 2 is 1.00 bits per heavy atom. The van der Waals surface area contributed by atoms with Crippen molar-refractivity contribution in [1.82, 2.24) is 31.1 Å². The van der Waals surface area contributed by atoms with E-state index in [1.807, 2.05) is 6.07 Å². The van der Waals surface area contributed by atoms with Crippen LogP contribution < -0.4 is 21.3 Å². The zero-order chi connectivity index (χ0) is 51.8. The summed E-state index contributed by atoms with van der Waals surface area (Å²) in [6.07, 6.45) is 14.1. The van der Waals surface area contributed by atoms with E-state index in [1.165, 1.54) is 0 Å². The van der Waals surface area contributed by atoms with Gasteiger partial charge >= 0.3 is 12.2 Å². The normalized spacial score (nSPS) is 32.5. The van der Waals surface area contributed by atoms with E-state index in [2.05, 4.69) is 49.0 Å². The summed E-state index contributed by atoms with van der Waals surface area (Å²) in [5, 5.41) is 31.0. The van der Waals surface area contributed by atoms with Gasteiger partial charge in [-0.05, 0) is 102 Å². The minimum absolute atomic E-state index is 0.00221. The quantitative estimate of drug-likeness (QED) is 0.145. The highest BCUT2D eigenvalue weighted by atomic mass is 16.6. The van der Waals surface area contributed by atoms with Gasteiger partial charge in [-0.25, -0.2) is 9.59 Å². The predicted octanol–water partition coefficient (Wildman–Crippen LogP) is 6.83. The Kier molecular flexibility index (Phi) is 19.2. The number of aliphatic hydroxyl groups excluding tert-OH is 1. The highest BCUT2D eigenvalue weighted by Gasteiger charge is 2.70. The molecule has 17 nitrogen and oxygen atoms in total. The Labute approximate surface area is 417 Å². The van der Waals surface area contributed by atoms with E-state index >= 15 is 0 Å². The van der Waals surface area contributed by atoms with E-state index in [0.29, 0.717) is 38.8 Å². The number of nitrogens with zero attached hydrogens (tertiary/aromatic N) is 3. The SMILES string of the molecule is CC(C)(C)OC(=O)N[C@H]1CCCCCCCCC[C@@H](C(O)C#N)NC(=O)[C@@H]2[C@@H]3[C@H](CN2C1=O)C3(C)C.CC(C)(C)OC(=O)N[C@H]1CCCCCCCCC[C@@H](C=O)NC(=O)[C@@H]2[C@@H]3[C@H](CN2C1=O)C3(C)C. The molecule has 0 aromatic carbocycles. The molecule has 17 heteroatoms. The number of rotatable bonds is 4. The van der Waals surface area contributed by atoms with Gasteiger partial charge in [0.05, 0.1) is 18.2 Å². The first-order valence-corrected chi connectivity index (χ1v) is 26.6. The molecular weight excluding hydrogens is 895 g/mol. The lowest BCUT2D eigenvalue weighted by molar-refractivity contribution is -0.142. The molecule has 0 bridgehead atoms. The fourth-order valence-electron chi connectivity index (χ4n) is 11.7. The second-order valence-corrected chi connectivity index (χ2v) is 24.2. The molecule has 6 fully saturated rings. The number of carbonyl (C=O) groups is 7. The van der Waals surface area contributed by atoms with Crippen LogP contribution in [0.3, 0.4) is 0 Å². The first kappa shape index (κ1) is 56.5. The summed E-state index contributed by atoms with van der Waals surface area (Å²) in [5.74, 6) is -0.591. The number of carbonyl (C=O) groups excluding carboxylic acids is 7. The molecule has 2 aliphatic carbocycles. The van der Waals surface area contributed by atoms with Crippen LogP contribution in [-0.2, 0) is 33.4 Å². The summed E-state index contributed by atoms with van der Waals surface area (Å²) in [5.41, 5.74) is -1.46. The summed E-state index contributed by atoms with van der Waals surface area (Å²) in [7, 11) is 0. The number of ether oxygens (including phenoxy) is 2. The fraction of sp³-hybridized carbons (Fsp3) is 0.849. The first-order chi connectivity index (χ1) is 32.8. The summed E-state index contributed by atoms with van der Waals surface area (Å²) in [4.78, 5) is 94.4. The number of hydrogen-bond acceptors (Lipinski definition) is 11. The van der Waals surface area contributed by atoms with E-state index in [9.17, 15) is 43.9 Å². The largest absolute Gasteiger partial charge is 0.444 e. The van der Waals surface area contributed by atoms with Crippen LogP contribution in [0.4, 0.5) is 9.59 Å².